The van der Waals surface area contributed by atoms with Gasteiger partial charge >= 0.3 is 5.97 Å². The second-order valence-electron chi connectivity index (χ2n) is 7.27. The summed E-state index contributed by atoms with van der Waals surface area (Å²) < 4.78 is 5.43. The van der Waals surface area contributed by atoms with Crippen LogP contribution in [0.1, 0.15) is 71.1 Å². The fourth-order valence-electron chi connectivity index (χ4n) is 4.33. The van der Waals surface area contributed by atoms with Crippen LogP contribution in [0.25, 0.3) is 0 Å². The SMILES string of the molecule is C=C(CO)C(=O)OC1CCC(C2CCC(CCC)CC2)CC1. The molecule has 2 saturated carbocycles. The highest BCUT2D eigenvalue weighted by Crippen LogP contribution is 2.41. The molecule has 0 saturated heterocycles. The number of esters is 1. The quantitative estimate of drug-likeness (QED) is 0.589. The summed E-state index contributed by atoms with van der Waals surface area (Å²) >= 11 is 0. The Bertz CT molecular complexity index is 361. The average molecular weight is 308 g/mol. The number of aliphatic hydroxyl groups is 1. The van der Waals surface area contributed by atoms with E-state index in [0.717, 1.165) is 30.6 Å². The first-order valence-corrected chi connectivity index (χ1v) is 9.13. The predicted octanol–water partition coefficient (Wildman–Crippen LogP) is 4.24. The molecule has 0 radical (unpaired) electrons. The zero-order chi connectivity index (χ0) is 15.9. The Labute approximate surface area is 135 Å². The van der Waals surface area contributed by atoms with Gasteiger partial charge in [-0.05, 0) is 56.3 Å². The lowest BCUT2D eigenvalue weighted by Crippen LogP contribution is -2.30. The second-order valence-corrected chi connectivity index (χ2v) is 7.27. The van der Waals surface area contributed by atoms with E-state index in [1.54, 1.807) is 0 Å². The lowest BCUT2D eigenvalue weighted by atomic mass is 9.70. The van der Waals surface area contributed by atoms with Crippen LogP contribution in [-0.4, -0.2) is 23.8 Å². The maximum atomic E-state index is 11.6. The third kappa shape index (κ3) is 4.84. The molecule has 2 fully saturated rings. The Hall–Kier alpha value is -0.830. The van der Waals surface area contributed by atoms with Crippen molar-refractivity contribution in [1.29, 1.82) is 0 Å². The van der Waals surface area contributed by atoms with Crippen LogP contribution < -0.4 is 0 Å². The summed E-state index contributed by atoms with van der Waals surface area (Å²) in [4.78, 5) is 11.6. The van der Waals surface area contributed by atoms with Crippen LogP contribution in [0.15, 0.2) is 12.2 Å². The number of aliphatic hydroxyl groups excluding tert-OH is 1. The molecule has 0 atom stereocenters. The fraction of sp³-hybridized carbons (Fsp3) is 0.842. The van der Waals surface area contributed by atoms with Crippen LogP contribution in [0.2, 0.25) is 0 Å². The minimum absolute atomic E-state index is 0.0310. The van der Waals surface area contributed by atoms with Crippen molar-refractivity contribution in [2.75, 3.05) is 6.61 Å². The lowest BCUT2D eigenvalue weighted by Gasteiger charge is -2.37. The van der Waals surface area contributed by atoms with Crippen molar-refractivity contribution < 1.29 is 14.6 Å². The summed E-state index contributed by atoms with van der Waals surface area (Å²) in [5.41, 5.74) is 0.163. The number of ether oxygens (including phenoxy) is 1. The topological polar surface area (TPSA) is 46.5 Å². The van der Waals surface area contributed by atoms with Gasteiger partial charge in [0, 0.05) is 0 Å². The van der Waals surface area contributed by atoms with E-state index in [-0.39, 0.29) is 18.3 Å². The third-order valence-corrected chi connectivity index (χ3v) is 5.73. The zero-order valence-electron chi connectivity index (χ0n) is 14.1. The van der Waals surface area contributed by atoms with Crippen molar-refractivity contribution in [3.63, 3.8) is 0 Å². The first-order valence-electron chi connectivity index (χ1n) is 9.13. The van der Waals surface area contributed by atoms with Crippen molar-refractivity contribution in [2.24, 2.45) is 17.8 Å². The highest BCUT2D eigenvalue weighted by molar-refractivity contribution is 5.88. The van der Waals surface area contributed by atoms with Crippen molar-refractivity contribution in [3.8, 4) is 0 Å². The number of carbonyl (C=O) groups is 1. The van der Waals surface area contributed by atoms with Gasteiger partial charge in [-0.3, -0.25) is 0 Å². The largest absolute Gasteiger partial charge is 0.459 e. The molecule has 22 heavy (non-hydrogen) atoms. The maximum Gasteiger partial charge on any atom is 0.336 e. The summed E-state index contributed by atoms with van der Waals surface area (Å²) in [6.07, 6.45) is 12.7. The van der Waals surface area contributed by atoms with Crippen molar-refractivity contribution in [3.05, 3.63) is 12.2 Å². The number of hydrogen-bond donors (Lipinski definition) is 1. The Kier molecular flexibility index (Phi) is 6.94. The molecule has 3 nitrogen and oxygen atoms in total. The summed E-state index contributed by atoms with van der Waals surface area (Å²) in [5.74, 6) is 2.28. The van der Waals surface area contributed by atoms with Gasteiger partial charge in [0.05, 0.1) is 12.2 Å². The number of rotatable bonds is 6. The van der Waals surface area contributed by atoms with Gasteiger partial charge in [-0.1, -0.05) is 39.2 Å². The summed E-state index contributed by atoms with van der Waals surface area (Å²) in [7, 11) is 0. The summed E-state index contributed by atoms with van der Waals surface area (Å²) in [6, 6.07) is 0. The fourth-order valence-corrected chi connectivity index (χ4v) is 4.33. The molecule has 0 aliphatic heterocycles. The smallest absolute Gasteiger partial charge is 0.336 e. The van der Waals surface area contributed by atoms with Crippen LogP contribution in [-0.2, 0) is 9.53 Å². The summed E-state index contributed by atoms with van der Waals surface area (Å²) in [6.45, 7) is 5.51. The highest BCUT2D eigenvalue weighted by atomic mass is 16.5. The van der Waals surface area contributed by atoms with E-state index in [4.69, 9.17) is 9.84 Å². The molecular weight excluding hydrogens is 276 g/mol. The van der Waals surface area contributed by atoms with E-state index in [9.17, 15) is 4.79 Å². The van der Waals surface area contributed by atoms with Gasteiger partial charge in [0.15, 0.2) is 0 Å². The van der Waals surface area contributed by atoms with Crippen LogP contribution in [0.5, 0.6) is 0 Å². The van der Waals surface area contributed by atoms with E-state index in [1.807, 2.05) is 0 Å². The Balaban J connectivity index is 1.69. The Morgan fingerprint density at radius 1 is 1.05 bits per heavy atom. The molecule has 0 unspecified atom stereocenters. The number of hydrogen-bond acceptors (Lipinski definition) is 3. The van der Waals surface area contributed by atoms with E-state index >= 15 is 0 Å². The molecule has 0 aromatic rings. The van der Waals surface area contributed by atoms with Crippen molar-refractivity contribution >= 4 is 5.97 Å². The van der Waals surface area contributed by atoms with Gasteiger partial charge in [-0.15, -0.1) is 0 Å². The van der Waals surface area contributed by atoms with Crippen LogP contribution in [0, 0.1) is 17.8 Å². The summed E-state index contributed by atoms with van der Waals surface area (Å²) in [5, 5.41) is 8.91. The molecule has 0 spiro atoms. The van der Waals surface area contributed by atoms with Crippen LogP contribution in [0.4, 0.5) is 0 Å². The van der Waals surface area contributed by atoms with E-state index < -0.39 is 5.97 Å². The molecule has 3 heteroatoms. The van der Waals surface area contributed by atoms with E-state index in [0.29, 0.717) is 0 Å². The van der Waals surface area contributed by atoms with Crippen LogP contribution in [0.3, 0.4) is 0 Å². The highest BCUT2D eigenvalue weighted by Gasteiger charge is 2.31. The van der Waals surface area contributed by atoms with Crippen LogP contribution >= 0.6 is 0 Å². The first kappa shape index (κ1) is 17.5. The first-order chi connectivity index (χ1) is 10.6. The van der Waals surface area contributed by atoms with Crippen molar-refractivity contribution in [2.45, 2.75) is 77.2 Å². The van der Waals surface area contributed by atoms with E-state index in [2.05, 4.69) is 13.5 Å². The van der Waals surface area contributed by atoms with Gasteiger partial charge in [0.25, 0.3) is 0 Å². The van der Waals surface area contributed by atoms with E-state index in [1.165, 1.54) is 51.4 Å². The molecule has 1 N–H and O–H groups in total. The van der Waals surface area contributed by atoms with Gasteiger partial charge in [-0.2, -0.15) is 0 Å². The molecule has 2 rings (SSSR count). The minimum Gasteiger partial charge on any atom is -0.459 e. The monoisotopic (exact) mass is 308 g/mol. The molecule has 0 heterocycles. The van der Waals surface area contributed by atoms with Gasteiger partial charge in [0.2, 0.25) is 0 Å². The van der Waals surface area contributed by atoms with Gasteiger partial charge in [0.1, 0.15) is 6.10 Å². The standard InChI is InChI=1S/C19H32O3/c1-3-4-15-5-7-16(8-6-15)17-9-11-18(12-10-17)22-19(21)14(2)13-20/h15-18,20H,2-13H2,1H3. The maximum absolute atomic E-state index is 11.6. The second kappa shape index (κ2) is 8.71. The zero-order valence-corrected chi connectivity index (χ0v) is 14.1. The normalized spacial score (nSPS) is 32.5. The number of carbonyl (C=O) groups excluding carboxylic acids is 1. The molecule has 0 bridgehead atoms. The molecule has 2 aliphatic rings. The lowest BCUT2D eigenvalue weighted by molar-refractivity contribution is -0.146. The molecule has 0 amide bonds. The predicted molar refractivity (Wildman–Crippen MR) is 88.4 cm³/mol. The minimum atomic E-state index is -0.425. The average Bonchev–Trinajstić information content (AvgIpc) is 2.56. The van der Waals surface area contributed by atoms with Crippen molar-refractivity contribution in [1.82, 2.24) is 0 Å². The Morgan fingerprint density at radius 2 is 1.59 bits per heavy atom. The molecule has 2 aliphatic carbocycles. The molecule has 0 aromatic heterocycles. The molecular formula is C19H32O3. The molecule has 126 valence electrons. The van der Waals surface area contributed by atoms with Gasteiger partial charge in [-0.25, -0.2) is 4.79 Å². The van der Waals surface area contributed by atoms with Gasteiger partial charge < -0.3 is 9.84 Å². The Morgan fingerprint density at radius 3 is 2.09 bits per heavy atom. The molecule has 0 aromatic carbocycles. The third-order valence-electron chi connectivity index (χ3n) is 5.73.